The summed E-state index contributed by atoms with van der Waals surface area (Å²) in [6, 6.07) is 9.49. The molecule has 6 rings (SSSR count). The third kappa shape index (κ3) is 1.53. The van der Waals surface area contributed by atoms with E-state index in [1.54, 1.807) is 16.7 Å². The molecule has 5 aliphatic rings. The number of nitrogens with zero attached hydrogens (tertiary/aromatic N) is 1. The zero-order valence-electron chi connectivity index (χ0n) is 15.2. The van der Waals surface area contributed by atoms with Crippen molar-refractivity contribution in [3.8, 4) is 0 Å². The summed E-state index contributed by atoms with van der Waals surface area (Å²) in [6.45, 7) is 4.47. The second kappa shape index (κ2) is 4.76. The maximum absolute atomic E-state index is 13.3. The summed E-state index contributed by atoms with van der Waals surface area (Å²) in [5.74, 6) is 1.66. The Balaban J connectivity index is 1.43. The van der Waals surface area contributed by atoms with E-state index >= 15 is 0 Å². The molecule has 4 bridgehead atoms. The van der Waals surface area contributed by atoms with Crippen LogP contribution >= 0.6 is 0 Å². The van der Waals surface area contributed by atoms with Crippen molar-refractivity contribution in [1.82, 2.24) is 0 Å². The van der Waals surface area contributed by atoms with E-state index in [0.29, 0.717) is 23.7 Å². The van der Waals surface area contributed by atoms with Gasteiger partial charge in [-0.05, 0) is 57.1 Å². The Kier molecular flexibility index (Phi) is 2.74. The Hall–Kier alpha value is -2.16. The fourth-order valence-corrected chi connectivity index (χ4v) is 7.18. The fourth-order valence-electron chi connectivity index (χ4n) is 7.18. The number of rotatable bonds is 1. The van der Waals surface area contributed by atoms with Crippen molar-refractivity contribution >= 4 is 17.5 Å². The molecule has 0 N–H and O–H groups in total. The predicted molar refractivity (Wildman–Crippen MR) is 99.1 cm³/mol. The van der Waals surface area contributed by atoms with Gasteiger partial charge in [0, 0.05) is 11.8 Å². The average Bonchev–Trinajstić information content (AvgIpc) is 3.40. The molecule has 4 aliphatic carbocycles. The molecule has 1 aromatic carbocycles. The van der Waals surface area contributed by atoms with E-state index in [1.165, 1.54) is 23.3 Å². The van der Waals surface area contributed by atoms with Crippen LogP contribution < -0.4 is 4.90 Å². The third-order valence-corrected chi connectivity index (χ3v) is 7.74. The van der Waals surface area contributed by atoms with Crippen LogP contribution in [-0.4, -0.2) is 11.8 Å². The standard InChI is InChI=1S/C23H23NO2/c1-11(2)17-13-8-9-14(17)19-16-10-15(18(13)19)20-21(16)23(26)24(22(20)25)12-6-4-3-5-7-12/h3-7,13-16,20-21H,8-10H2,1-2H3/t13-,14-,15-,16-,20-,21+/m1/s1. The van der Waals surface area contributed by atoms with E-state index in [2.05, 4.69) is 13.8 Å². The number of fused-ring (bicyclic) bond motifs is 11. The van der Waals surface area contributed by atoms with E-state index in [-0.39, 0.29) is 23.7 Å². The second-order valence-electron chi connectivity index (χ2n) is 8.90. The highest BCUT2D eigenvalue weighted by atomic mass is 16.2. The molecule has 1 aromatic rings. The number of para-hydroxylation sites is 1. The summed E-state index contributed by atoms with van der Waals surface area (Å²) in [5.41, 5.74) is 6.99. The highest BCUT2D eigenvalue weighted by molar-refractivity contribution is 6.23. The van der Waals surface area contributed by atoms with Crippen molar-refractivity contribution < 1.29 is 9.59 Å². The van der Waals surface area contributed by atoms with Crippen molar-refractivity contribution in [2.24, 2.45) is 35.5 Å². The first kappa shape index (κ1) is 15.0. The zero-order chi connectivity index (χ0) is 17.7. The molecule has 1 aliphatic heterocycles. The maximum Gasteiger partial charge on any atom is 0.238 e. The van der Waals surface area contributed by atoms with Crippen molar-refractivity contribution in [3.63, 3.8) is 0 Å². The molecule has 3 heteroatoms. The van der Waals surface area contributed by atoms with Crippen molar-refractivity contribution in [3.05, 3.63) is 52.6 Å². The van der Waals surface area contributed by atoms with Gasteiger partial charge in [-0.2, -0.15) is 0 Å². The topological polar surface area (TPSA) is 37.4 Å². The van der Waals surface area contributed by atoms with Crippen LogP contribution in [0.15, 0.2) is 52.6 Å². The van der Waals surface area contributed by atoms with Crippen molar-refractivity contribution in [1.29, 1.82) is 0 Å². The van der Waals surface area contributed by atoms with Gasteiger partial charge in [-0.15, -0.1) is 0 Å². The third-order valence-electron chi connectivity index (χ3n) is 7.74. The van der Waals surface area contributed by atoms with Gasteiger partial charge in [-0.1, -0.05) is 40.5 Å². The Labute approximate surface area is 153 Å². The van der Waals surface area contributed by atoms with Gasteiger partial charge < -0.3 is 0 Å². The van der Waals surface area contributed by atoms with E-state index in [1.807, 2.05) is 30.3 Å². The fraction of sp³-hybridized carbons (Fsp3) is 0.478. The molecule has 6 atom stereocenters. The molecule has 26 heavy (non-hydrogen) atoms. The molecule has 0 spiro atoms. The number of anilines is 1. The summed E-state index contributed by atoms with van der Waals surface area (Å²) in [5, 5.41) is 0. The lowest BCUT2D eigenvalue weighted by atomic mass is 9.72. The van der Waals surface area contributed by atoms with Gasteiger partial charge in [-0.3, -0.25) is 14.5 Å². The average molecular weight is 345 g/mol. The summed E-state index contributed by atoms with van der Waals surface area (Å²) < 4.78 is 0. The normalized spacial score (nSPS) is 39.3. The number of carbonyl (C=O) groups excluding carboxylic acids is 2. The van der Waals surface area contributed by atoms with Crippen molar-refractivity contribution in [2.45, 2.75) is 33.1 Å². The molecule has 2 amide bonds. The van der Waals surface area contributed by atoms with Gasteiger partial charge in [0.25, 0.3) is 0 Å². The van der Waals surface area contributed by atoms with Crippen LogP contribution in [0.1, 0.15) is 33.1 Å². The Bertz CT molecular complexity index is 873. The summed E-state index contributed by atoms with van der Waals surface area (Å²) in [7, 11) is 0. The Morgan fingerprint density at radius 2 is 1.42 bits per heavy atom. The van der Waals surface area contributed by atoms with E-state index in [0.717, 1.165) is 12.1 Å². The number of hydrogen-bond donors (Lipinski definition) is 0. The molecule has 132 valence electrons. The molecule has 0 radical (unpaired) electrons. The lowest BCUT2D eigenvalue weighted by molar-refractivity contribution is -0.123. The minimum Gasteiger partial charge on any atom is -0.274 e. The van der Waals surface area contributed by atoms with Crippen LogP contribution in [0.3, 0.4) is 0 Å². The zero-order valence-corrected chi connectivity index (χ0v) is 15.2. The predicted octanol–water partition coefficient (Wildman–Crippen LogP) is 4.11. The lowest BCUT2D eigenvalue weighted by Crippen LogP contribution is -2.33. The van der Waals surface area contributed by atoms with Gasteiger partial charge in [0.15, 0.2) is 0 Å². The van der Waals surface area contributed by atoms with Gasteiger partial charge in [-0.25, -0.2) is 0 Å². The molecular weight excluding hydrogens is 322 g/mol. The maximum atomic E-state index is 13.3. The number of benzene rings is 1. The number of allylic oxidation sites excluding steroid dienone is 4. The molecular formula is C23H23NO2. The first-order chi connectivity index (χ1) is 12.6. The van der Waals surface area contributed by atoms with Crippen LogP contribution in [0.4, 0.5) is 5.69 Å². The molecule has 2 saturated carbocycles. The first-order valence-electron chi connectivity index (χ1n) is 9.93. The molecule has 0 unspecified atom stereocenters. The lowest BCUT2D eigenvalue weighted by Gasteiger charge is -2.29. The van der Waals surface area contributed by atoms with Crippen LogP contribution in [0.25, 0.3) is 0 Å². The molecule has 1 saturated heterocycles. The van der Waals surface area contributed by atoms with Gasteiger partial charge in [0.2, 0.25) is 11.8 Å². The van der Waals surface area contributed by atoms with Gasteiger partial charge in [0.1, 0.15) is 0 Å². The number of imide groups is 1. The number of amides is 2. The molecule has 3 nitrogen and oxygen atoms in total. The Morgan fingerprint density at radius 3 is 1.92 bits per heavy atom. The SMILES string of the molecule is CC(C)=C1[C@H]2CC[C@H]1C1=C2[C@H]2C[C@H]1[C@H]1C(=O)N(c3ccccc3)C(=O)[C@H]12. The largest absolute Gasteiger partial charge is 0.274 e. The highest BCUT2D eigenvalue weighted by Gasteiger charge is 2.67. The molecule has 3 fully saturated rings. The molecule has 1 heterocycles. The molecule has 0 aromatic heterocycles. The Morgan fingerprint density at radius 1 is 0.885 bits per heavy atom. The highest BCUT2D eigenvalue weighted by Crippen LogP contribution is 2.70. The quantitative estimate of drug-likeness (QED) is 0.436. The van der Waals surface area contributed by atoms with Crippen LogP contribution in [0.2, 0.25) is 0 Å². The van der Waals surface area contributed by atoms with Crippen LogP contribution in [0.5, 0.6) is 0 Å². The monoisotopic (exact) mass is 345 g/mol. The van der Waals surface area contributed by atoms with Gasteiger partial charge >= 0.3 is 0 Å². The minimum absolute atomic E-state index is 0.0479. The van der Waals surface area contributed by atoms with Crippen LogP contribution in [-0.2, 0) is 9.59 Å². The minimum atomic E-state index is -0.107. The smallest absolute Gasteiger partial charge is 0.238 e. The summed E-state index contributed by atoms with van der Waals surface area (Å²) >= 11 is 0. The second-order valence-corrected chi connectivity index (χ2v) is 8.90. The number of carbonyl (C=O) groups is 2. The van der Waals surface area contributed by atoms with Gasteiger partial charge in [0.05, 0.1) is 17.5 Å². The van der Waals surface area contributed by atoms with E-state index in [9.17, 15) is 9.59 Å². The summed E-state index contributed by atoms with van der Waals surface area (Å²) in [6.07, 6.45) is 3.54. The van der Waals surface area contributed by atoms with E-state index in [4.69, 9.17) is 0 Å². The summed E-state index contributed by atoms with van der Waals surface area (Å²) in [4.78, 5) is 28.0. The first-order valence-corrected chi connectivity index (χ1v) is 9.93. The number of hydrogen-bond acceptors (Lipinski definition) is 2. The van der Waals surface area contributed by atoms with Crippen LogP contribution in [0, 0.1) is 35.5 Å². The van der Waals surface area contributed by atoms with E-state index < -0.39 is 0 Å². The van der Waals surface area contributed by atoms with Crippen molar-refractivity contribution in [2.75, 3.05) is 4.90 Å².